The largest absolute Gasteiger partial charge is 0.324 e. The van der Waals surface area contributed by atoms with Crippen molar-refractivity contribution >= 4 is 39.4 Å². The summed E-state index contributed by atoms with van der Waals surface area (Å²) in [7, 11) is -3.77. The zero-order chi connectivity index (χ0) is 20.7. The third kappa shape index (κ3) is 5.86. The van der Waals surface area contributed by atoms with E-state index in [0.29, 0.717) is 35.0 Å². The first-order valence-corrected chi connectivity index (χ1v) is 10.8. The Morgan fingerprint density at radius 1 is 1.00 bits per heavy atom. The molecule has 3 rings (SSSR count). The molecule has 0 bridgehead atoms. The van der Waals surface area contributed by atoms with Gasteiger partial charge in [-0.25, -0.2) is 4.99 Å². The second-order valence-electron chi connectivity index (χ2n) is 6.03. The lowest BCUT2D eigenvalue weighted by Crippen LogP contribution is -2.11. The van der Waals surface area contributed by atoms with Crippen LogP contribution in [0.15, 0.2) is 91.1 Å². The van der Waals surface area contributed by atoms with Gasteiger partial charge < -0.3 is 4.89 Å². The number of benzene rings is 2. The maximum atomic E-state index is 12.4. The summed E-state index contributed by atoms with van der Waals surface area (Å²) in [5, 5.41) is 0. The van der Waals surface area contributed by atoms with Crippen LogP contribution in [0.4, 0.5) is 0 Å². The van der Waals surface area contributed by atoms with Gasteiger partial charge in [0.25, 0.3) is 10.0 Å². The van der Waals surface area contributed by atoms with E-state index in [1.807, 2.05) is 24.3 Å². The quantitative estimate of drug-likeness (QED) is 0.153. The van der Waals surface area contributed by atoms with Crippen LogP contribution in [0, 0.1) is 0 Å². The molecule has 0 unspecified atom stereocenters. The smallest absolute Gasteiger partial charge is 0.282 e. The molecule has 0 atom stereocenters. The van der Waals surface area contributed by atoms with Gasteiger partial charge in [-0.3, -0.25) is 0 Å². The second-order valence-corrected chi connectivity index (χ2v) is 8.10. The molecule has 0 radical (unpaired) electrons. The molecule has 29 heavy (non-hydrogen) atoms. The third-order valence-corrected chi connectivity index (χ3v) is 5.77. The highest BCUT2D eigenvalue weighted by Crippen LogP contribution is 2.19. The molecule has 0 amide bonds. The van der Waals surface area contributed by atoms with Crippen molar-refractivity contribution in [1.29, 1.82) is 0 Å². The molecule has 150 valence electrons. The molecular weight excluding hydrogens is 410 g/mol. The molecule has 0 aliphatic carbocycles. The van der Waals surface area contributed by atoms with Crippen LogP contribution in [0.25, 0.3) is 0 Å². The van der Waals surface area contributed by atoms with Crippen LogP contribution in [0.2, 0.25) is 0 Å². The minimum Gasteiger partial charge on any atom is -0.324 e. The van der Waals surface area contributed by atoms with Gasteiger partial charge in [-0.2, -0.15) is 17.2 Å². The fourth-order valence-corrected chi connectivity index (χ4v) is 3.83. The molecule has 0 saturated carbocycles. The Hall–Kier alpha value is -2.75. The van der Waals surface area contributed by atoms with E-state index in [9.17, 15) is 8.42 Å². The van der Waals surface area contributed by atoms with Crippen molar-refractivity contribution in [2.75, 3.05) is 0 Å². The van der Waals surface area contributed by atoms with E-state index in [2.05, 4.69) is 13.8 Å². The molecule has 0 fully saturated rings. The average molecular weight is 430 g/mol. The van der Waals surface area contributed by atoms with Crippen LogP contribution in [-0.2, 0) is 14.4 Å². The first kappa shape index (κ1) is 21.0. The molecule has 2 aromatic carbocycles. The van der Waals surface area contributed by atoms with Crippen LogP contribution in [0.5, 0.6) is 5.75 Å². The van der Waals surface area contributed by atoms with Gasteiger partial charge in [0.05, 0.1) is 27.7 Å². The molecule has 0 saturated heterocycles. The van der Waals surface area contributed by atoms with Crippen molar-refractivity contribution in [1.82, 2.24) is 0 Å². The Balaban J connectivity index is 1.61. The van der Waals surface area contributed by atoms with E-state index < -0.39 is 10.0 Å². The van der Waals surface area contributed by atoms with Gasteiger partial charge in [0.2, 0.25) is 0 Å². The molecule has 1 aliphatic rings. The summed E-state index contributed by atoms with van der Waals surface area (Å²) in [4.78, 5) is 9.68. The van der Waals surface area contributed by atoms with Crippen LogP contribution in [0.3, 0.4) is 0 Å². The molecule has 2 aromatic rings. The summed E-state index contributed by atoms with van der Waals surface area (Å²) >= 11 is 0.789. The van der Waals surface area contributed by atoms with Gasteiger partial charge in [0, 0.05) is 6.42 Å². The summed E-state index contributed by atoms with van der Waals surface area (Å²) in [6, 6.07) is 17.2. The zero-order valence-electron chi connectivity index (χ0n) is 15.8. The lowest BCUT2D eigenvalue weighted by molar-refractivity contribution is -0.0776. The van der Waals surface area contributed by atoms with Gasteiger partial charge in [-0.05, 0) is 38.1 Å². The van der Waals surface area contributed by atoms with Crippen LogP contribution in [-0.4, -0.2) is 25.6 Å². The molecule has 1 heterocycles. The minimum absolute atomic E-state index is 0.149. The first-order valence-electron chi connectivity index (χ1n) is 8.71. The Kier molecular flexibility index (Phi) is 6.97. The second kappa shape index (κ2) is 9.64. The summed E-state index contributed by atoms with van der Waals surface area (Å²) in [6.45, 7) is 3.42. The first-order chi connectivity index (χ1) is 14.0. The number of hydrogen-bond acceptors (Lipinski definition) is 7. The van der Waals surface area contributed by atoms with Crippen molar-refractivity contribution in [2.45, 2.75) is 25.2 Å². The average Bonchev–Trinajstić information content (AvgIpc) is 3.23. The predicted molar refractivity (Wildman–Crippen MR) is 116 cm³/mol. The molecular formula is C20H19N3O4S2. The monoisotopic (exact) mass is 429 g/mol. The number of aliphatic imine (C=N–C) groups is 1. The lowest BCUT2D eigenvalue weighted by atomic mass is 10.2. The maximum absolute atomic E-state index is 12.4. The van der Waals surface area contributed by atoms with E-state index in [4.69, 9.17) is 9.22 Å². The van der Waals surface area contributed by atoms with Crippen molar-refractivity contribution in [3.05, 3.63) is 72.4 Å². The summed E-state index contributed by atoms with van der Waals surface area (Å²) in [6.07, 6.45) is 2.34. The molecule has 1 aliphatic heterocycles. The highest BCUT2D eigenvalue weighted by molar-refractivity contribution is 7.93. The van der Waals surface area contributed by atoms with E-state index in [0.717, 1.165) is 12.2 Å². The minimum atomic E-state index is -3.77. The van der Waals surface area contributed by atoms with E-state index in [-0.39, 0.29) is 4.90 Å². The number of rotatable bonds is 8. The fraction of sp³-hybridized carbons (Fsp3) is 0.150. The van der Waals surface area contributed by atoms with E-state index in [1.165, 1.54) is 12.1 Å². The van der Waals surface area contributed by atoms with Crippen LogP contribution < -0.4 is 4.89 Å². The van der Waals surface area contributed by atoms with Crippen LogP contribution in [0.1, 0.15) is 20.3 Å². The van der Waals surface area contributed by atoms with Gasteiger partial charge in [-0.15, -0.1) is 0 Å². The number of hydrogen-bond donors (Lipinski definition) is 0. The molecule has 0 aromatic heterocycles. The molecule has 7 nitrogen and oxygen atoms in total. The summed E-state index contributed by atoms with van der Waals surface area (Å²) < 4.78 is 37.9. The van der Waals surface area contributed by atoms with Crippen LogP contribution >= 0.6 is 12.2 Å². The number of nitrogens with zero attached hydrogens (tertiary/aromatic N) is 3. The molecule has 9 heteroatoms. The summed E-state index contributed by atoms with van der Waals surface area (Å²) in [5.74, 6) is 0.569. The van der Waals surface area contributed by atoms with Gasteiger partial charge in [-0.1, -0.05) is 46.8 Å². The third-order valence-electron chi connectivity index (χ3n) is 3.91. The fourth-order valence-electron chi connectivity index (χ4n) is 2.41. The Morgan fingerprint density at radius 2 is 1.66 bits per heavy atom. The van der Waals surface area contributed by atoms with Gasteiger partial charge in [0.1, 0.15) is 0 Å². The van der Waals surface area contributed by atoms with E-state index >= 15 is 0 Å². The number of allylic oxidation sites excluding steroid dienone is 2. The molecule has 0 N–H and O–H groups in total. The van der Waals surface area contributed by atoms with E-state index in [1.54, 1.807) is 44.2 Å². The Morgan fingerprint density at radius 3 is 2.34 bits per heavy atom. The van der Waals surface area contributed by atoms with Crippen molar-refractivity contribution in [3.63, 3.8) is 0 Å². The van der Waals surface area contributed by atoms with Crippen molar-refractivity contribution in [3.8, 4) is 5.75 Å². The normalized spacial score (nSPS) is 15.1. The Bertz CT molecular complexity index is 1080. The molecule has 0 spiro atoms. The van der Waals surface area contributed by atoms with Crippen molar-refractivity contribution in [2.24, 2.45) is 13.8 Å². The van der Waals surface area contributed by atoms with Crippen molar-refractivity contribution < 1.29 is 17.6 Å². The SMILES string of the molecule is C/C(=N/S(=O)(=O)c1ccccc1)C1=NC(/C(C)=N/SOOc2ccccc2)=CC1. The zero-order valence-corrected chi connectivity index (χ0v) is 17.5. The lowest BCUT2D eigenvalue weighted by Gasteiger charge is -2.02. The topological polar surface area (TPSA) is 89.7 Å². The van der Waals surface area contributed by atoms with Gasteiger partial charge in [0.15, 0.2) is 18.0 Å². The number of sulfonamides is 1. The number of para-hydroxylation sites is 1. The highest BCUT2D eigenvalue weighted by atomic mass is 32.2. The standard InChI is InChI=1S/C20H19N3O4S2/c1-15(22-28-27-26-17-9-5-3-6-10-17)19-13-14-20(21-19)16(2)23-29(24,25)18-11-7-4-8-12-18/h3-13H,14H2,1-2H3/b22-15+,23-16-. The predicted octanol–water partition coefficient (Wildman–Crippen LogP) is 4.60. The maximum Gasteiger partial charge on any atom is 0.282 e. The highest BCUT2D eigenvalue weighted by Gasteiger charge is 2.18. The summed E-state index contributed by atoms with van der Waals surface area (Å²) in [5.41, 5.74) is 2.20. The Labute approximate surface area is 174 Å². The van der Waals surface area contributed by atoms with Gasteiger partial charge >= 0.3 is 0 Å².